The molecule has 1 amide bonds. The number of aliphatic hydroxyl groups is 1. The number of nitrogens with zero attached hydrogens (tertiary/aromatic N) is 2. The average molecular weight is 302 g/mol. The summed E-state index contributed by atoms with van der Waals surface area (Å²) in [6, 6.07) is 0. The summed E-state index contributed by atoms with van der Waals surface area (Å²) in [5.41, 5.74) is -1.18. The summed E-state index contributed by atoms with van der Waals surface area (Å²) in [4.78, 5) is 26.5. The van der Waals surface area contributed by atoms with E-state index < -0.39 is 23.2 Å². The summed E-state index contributed by atoms with van der Waals surface area (Å²) in [6.45, 7) is 8.88. The third-order valence-corrected chi connectivity index (χ3v) is 3.52. The molecule has 1 saturated heterocycles. The van der Waals surface area contributed by atoms with Gasteiger partial charge in [0.2, 0.25) is 0 Å². The maximum Gasteiger partial charge on any atom is 0.410 e. The Morgan fingerprint density at radius 1 is 1.33 bits per heavy atom. The Balaban J connectivity index is 2.73. The van der Waals surface area contributed by atoms with Crippen LogP contribution >= 0.6 is 0 Å². The summed E-state index contributed by atoms with van der Waals surface area (Å²) in [7, 11) is 0. The molecule has 0 aromatic heterocycles. The summed E-state index contributed by atoms with van der Waals surface area (Å²) >= 11 is 0. The Morgan fingerprint density at radius 3 is 2.29 bits per heavy atom. The number of ether oxygens (including phenoxy) is 1. The first-order chi connectivity index (χ1) is 9.63. The van der Waals surface area contributed by atoms with Gasteiger partial charge in [-0.25, -0.2) is 4.79 Å². The number of amides is 1. The number of hydrogen-bond donors (Lipinski definition) is 2. The fraction of sp³-hybridized carbons (Fsp3) is 0.857. The molecule has 1 heterocycles. The van der Waals surface area contributed by atoms with Crippen molar-refractivity contribution in [3.63, 3.8) is 0 Å². The minimum atomic E-state index is -0.907. The Morgan fingerprint density at radius 2 is 1.90 bits per heavy atom. The zero-order chi connectivity index (χ0) is 16.3. The van der Waals surface area contributed by atoms with E-state index in [2.05, 4.69) is 0 Å². The largest absolute Gasteiger partial charge is 0.481 e. The molecule has 0 aromatic carbocycles. The van der Waals surface area contributed by atoms with Crippen molar-refractivity contribution in [2.24, 2.45) is 0 Å². The smallest absolute Gasteiger partial charge is 0.410 e. The van der Waals surface area contributed by atoms with Crippen molar-refractivity contribution >= 4 is 12.1 Å². The highest BCUT2D eigenvalue weighted by Crippen LogP contribution is 2.32. The van der Waals surface area contributed by atoms with Crippen LogP contribution in [-0.2, 0) is 9.53 Å². The van der Waals surface area contributed by atoms with Crippen LogP contribution in [0.2, 0.25) is 0 Å². The van der Waals surface area contributed by atoms with Gasteiger partial charge in [0, 0.05) is 19.6 Å². The molecule has 0 aliphatic carbocycles. The van der Waals surface area contributed by atoms with Gasteiger partial charge >= 0.3 is 12.1 Å². The van der Waals surface area contributed by atoms with Gasteiger partial charge in [-0.15, -0.1) is 0 Å². The number of likely N-dealkylation sites (N-methyl/N-ethyl adjacent to an activating group) is 1. The number of carboxylic acids is 1. The fourth-order valence-corrected chi connectivity index (χ4v) is 2.68. The fourth-order valence-electron chi connectivity index (χ4n) is 2.68. The van der Waals surface area contributed by atoms with E-state index >= 15 is 0 Å². The first-order valence-electron chi connectivity index (χ1n) is 7.19. The normalized spacial score (nSPS) is 17.5. The van der Waals surface area contributed by atoms with Crippen molar-refractivity contribution in [1.82, 2.24) is 9.80 Å². The minimum Gasteiger partial charge on any atom is -0.481 e. The van der Waals surface area contributed by atoms with Crippen LogP contribution in [0.15, 0.2) is 0 Å². The van der Waals surface area contributed by atoms with Gasteiger partial charge in [-0.2, -0.15) is 0 Å². The molecule has 21 heavy (non-hydrogen) atoms. The number of hydrogen-bond acceptors (Lipinski definition) is 5. The number of carboxylic acid groups (broad SMARTS) is 1. The van der Waals surface area contributed by atoms with Gasteiger partial charge in [0.15, 0.2) is 0 Å². The van der Waals surface area contributed by atoms with Crippen LogP contribution in [0.5, 0.6) is 0 Å². The lowest BCUT2D eigenvalue weighted by atomic mass is 9.84. The Bertz CT molecular complexity index is 385. The van der Waals surface area contributed by atoms with Crippen molar-refractivity contribution in [3.05, 3.63) is 0 Å². The quantitative estimate of drug-likeness (QED) is 0.753. The van der Waals surface area contributed by atoms with Crippen molar-refractivity contribution < 1.29 is 24.5 Å². The van der Waals surface area contributed by atoms with E-state index in [0.29, 0.717) is 26.2 Å². The molecular formula is C14H26N2O5. The van der Waals surface area contributed by atoms with E-state index in [4.69, 9.17) is 14.9 Å². The van der Waals surface area contributed by atoms with Crippen LogP contribution < -0.4 is 0 Å². The molecule has 0 spiro atoms. The molecule has 2 N–H and O–H groups in total. The topological polar surface area (TPSA) is 90.3 Å². The van der Waals surface area contributed by atoms with Crippen molar-refractivity contribution in [1.29, 1.82) is 0 Å². The Hall–Kier alpha value is -1.34. The van der Waals surface area contributed by atoms with Crippen molar-refractivity contribution in [3.8, 4) is 0 Å². The number of carbonyl (C=O) groups is 2. The molecule has 1 fully saturated rings. The maximum absolute atomic E-state index is 12.0. The van der Waals surface area contributed by atoms with E-state index in [0.717, 1.165) is 0 Å². The summed E-state index contributed by atoms with van der Waals surface area (Å²) in [5.74, 6) is -0.907. The predicted octanol–water partition coefficient (Wildman–Crippen LogP) is 0.765. The average Bonchev–Trinajstić information content (AvgIpc) is 2.27. The molecule has 0 aromatic rings. The van der Waals surface area contributed by atoms with Gasteiger partial charge in [0.1, 0.15) is 5.60 Å². The first-order valence-corrected chi connectivity index (χ1v) is 7.19. The third kappa shape index (κ3) is 4.57. The lowest BCUT2D eigenvalue weighted by Gasteiger charge is -2.54. The number of carbonyl (C=O) groups excluding carboxylic acids is 1. The lowest BCUT2D eigenvalue weighted by Crippen LogP contribution is -2.72. The summed E-state index contributed by atoms with van der Waals surface area (Å²) < 4.78 is 5.28. The van der Waals surface area contributed by atoms with E-state index in [1.807, 2.05) is 11.8 Å². The highest BCUT2D eigenvalue weighted by atomic mass is 16.6. The molecule has 7 nitrogen and oxygen atoms in total. The van der Waals surface area contributed by atoms with Crippen molar-refractivity contribution in [2.75, 3.05) is 32.8 Å². The van der Waals surface area contributed by atoms with E-state index in [-0.39, 0.29) is 13.0 Å². The molecule has 1 aliphatic heterocycles. The molecule has 1 rings (SSSR count). The zero-order valence-electron chi connectivity index (χ0n) is 13.3. The van der Waals surface area contributed by atoms with E-state index in [1.165, 1.54) is 4.90 Å². The second-order valence-electron chi connectivity index (χ2n) is 6.43. The predicted molar refractivity (Wildman–Crippen MR) is 77.1 cm³/mol. The second kappa shape index (κ2) is 6.62. The monoisotopic (exact) mass is 302 g/mol. The van der Waals surface area contributed by atoms with Gasteiger partial charge in [0.25, 0.3) is 0 Å². The Labute approximate surface area is 125 Å². The van der Waals surface area contributed by atoms with Crippen LogP contribution in [0.25, 0.3) is 0 Å². The van der Waals surface area contributed by atoms with Crippen LogP contribution in [0.1, 0.15) is 34.1 Å². The number of β-amino-alcohol motifs (C(OH)–C–C–N with tert-alkyl or cyclic N) is 1. The SMILES string of the molecule is CCN(CCO)C1(CC(=O)O)CN(C(=O)OC(C)(C)C)C1. The number of likely N-dealkylation sites (tertiary alicyclic amines) is 1. The molecule has 7 heteroatoms. The zero-order valence-corrected chi connectivity index (χ0v) is 13.3. The van der Waals surface area contributed by atoms with Gasteiger partial charge in [-0.1, -0.05) is 6.92 Å². The van der Waals surface area contributed by atoms with Crippen LogP contribution in [0.3, 0.4) is 0 Å². The summed E-state index contributed by atoms with van der Waals surface area (Å²) in [5, 5.41) is 18.2. The molecule has 0 saturated carbocycles. The van der Waals surface area contributed by atoms with E-state index in [1.54, 1.807) is 20.8 Å². The van der Waals surface area contributed by atoms with Crippen LogP contribution in [0, 0.1) is 0 Å². The molecule has 0 radical (unpaired) electrons. The molecule has 1 aliphatic rings. The minimum absolute atomic E-state index is 0.0400. The highest BCUT2D eigenvalue weighted by Gasteiger charge is 2.51. The number of rotatable bonds is 6. The number of aliphatic carboxylic acids is 1. The highest BCUT2D eigenvalue weighted by molar-refractivity contribution is 5.73. The first kappa shape index (κ1) is 17.7. The van der Waals surface area contributed by atoms with Crippen LogP contribution in [-0.4, -0.2) is 76.0 Å². The summed E-state index contributed by atoms with van der Waals surface area (Å²) in [6.07, 6.45) is -0.483. The molecule has 0 atom stereocenters. The number of aliphatic hydroxyl groups excluding tert-OH is 1. The second-order valence-corrected chi connectivity index (χ2v) is 6.43. The van der Waals surface area contributed by atoms with Crippen LogP contribution in [0.4, 0.5) is 4.79 Å². The van der Waals surface area contributed by atoms with Crippen molar-refractivity contribution in [2.45, 2.75) is 45.3 Å². The standard InChI is InChI=1S/C14H26N2O5/c1-5-16(6-7-17)14(8-11(18)19)9-15(10-14)12(20)21-13(2,3)4/h17H,5-10H2,1-4H3,(H,18,19). The molecule has 0 bridgehead atoms. The van der Waals surface area contributed by atoms with E-state index in [9.17, 15) is 9.59 Å². The molecule has 0 unspecified atom stereocenters. The molecule has 122 valence electrons. The lowest BCUT2D eigenvalue weighted by molar-refractivity contribution is -0.146. The van der Waals surface area contributed by atoms with Gasteiger partial charge < -0.3 is 19.8 Å². The molecular weight excluding hydrogens is 276 g/mol. The third-order valence-electron chi connectivity index (χ3n) is 3.52. The van der Waals surface area contributed by atoms with Gasteiger partial charge in [-0.05, 0) is 27.3 Å². The van der Waals surface area contributed by atoms with Gasteiger partial charge in [0.05, 0.1) is 18.6 Å². The maximum atomic E-state index is 12.0. The Kier molecular flexibility index (Phi) is 5.58. The van der Waals surface area contributed by atoms with Gasteiger partial charge in [-0.3, -0.25) is 9.69 Å².